The molecular weight excluding hydrogens is 356 g/mol. The highest BCUT2D eigenvalue weighted by molar-refractivity contribution is 9.10. The molecule has 0 bridgehead atoms. The largest absolute Gasteiger partial charge is 0.426 e. The Bertz CT molecular complexity index is 1000. The standard InChI is InChI=1S/C14H7BrN2O5/c15-8-1-3-9(4-2-8)16-13(18)11-7-10(17(20)21)5-6-12(11)22-14(16)19/h1-7H. The van der Waals surface area contributed by atoms with Gasteiger partial charge in [0.25, 0.3) is 11.2 Å². The second-order valence-corrected chi connectivity index (χ2v) is 5.34. The number of hydrogen-bond donors (Lipinski definition) is 0. The van der Waals surface area contributed by atoms with Gasteiger partial charge in [-0.05, 0) is 30.3 Å². The number of nitro groups is 1. The summed E-state index contributed by atoms with van der Waals surface area (Å²) >= 11 is 3.26. The van der Waals surface area contributed by atoms with Crippen LogP contribution in [0.1, 0.15) is 0 Å². The third kappa shape index (κ3) is 2.33. The molecule has 0 saturated heterocycles. The van der Waals surface area contributed by atoms with Gasteiger partial charge in [-0.15, -0.1) is 0 Å². The van der Waals surface area contributed by atoms with Gasteiger partial charge in [0.2, 0.25) is 0 Å². The molecule has 0 saturated carbocycles. The Balaban J connectivity index is 2.36. The number of halogens is 1. The SMILES string of the molecule is O=c1oc2ccc([N+](=O)[O-])cc2c(=O)n1-c1ccc(Br)cc1. The van der Waals surface area contributed by atoms with E-state index in [2.05, 4.69) is 15.9 Å². The van der Waals surface area contributed by atoms with Gasteiger partial charge in [-0.2, -0.15) is 0 Å². The summed E-state index contributed by atoms with van der Waals surface area (Å²) in [5.41, 5.74) is -0.595. The quantitative estimate of drug-likeness (QED) is 0.515. The molecule has 22 heavy (non-hydrogen) atoms. The smallest absolute Gasteiger partial charge is 0.409 e. The van der Waals surface area contributed by atoms with Crippen molar-refractivity contribution in [2.45, 2.75) is 0 Å². The van der Waals surface area contributed by atoms with E-state index >= 15 is 0 Å². The maximum absolute atomic E-state index is 12.5. The van der Waals surface area contributed by atoms with E-state index in [1.165, 1.54) is 12.1 Å². The fourth-order valence-corrected chi connectivity index (χ4v) is 2.31. The first-order valence-electron chi connectivity index (χ1n) is 6.07. The average Bonchev–Trinajstić information content (AvgIpc) is 2.48. The van der Waals surface area contributed by atoms with Crippen LogP contribution in [0.25, 0.3) is 16.7 Å². The Labute approximate surface area is 130 Å². The van der Waals surface area contributed by atoms with Gasteiger partial charge < -0.3 is 4.42 Å². The Morgan fingerprint density at radius 3 is 2.41 bits per heavy atom. The Morgan fingerprint density at radius 2 is 1.77 bits per heavy atom. The zero-order chi connectivity index (χ0) is 15.9. The first-order chi connectivity index (χ1) is 10.5. The molecule has 7 nitrogen and oxygen atoms in total. The van der Waals surface area contributed by atoms with Crippen LogP contribution in [0.4, 0.5) is 5.69 Å². The van der Waals surface area contributed by atoms with Gasteiger partial charge in [0.15, 0.2) is 0 Å². The maximum Gasteiger partial charge on any atom is 0.426 e. The molecule has 2 aromatic carbocycles. The van der Waals surface area contributed by atoms with E-state index in [1.54, 1.807) is 24.3 Å². The van der Waals surface area contributed by atoms with Crippen LogP contribution < -0.4 is 11.3 Å². The van der Waals surface area contributed by atoms with Crippen molar-refractivity contribution in [2.24, 2.45) is 0 Å². The van der Waals surface area contributed by atoms with Crippen molar-refractivity contribution >= 4 is 32.6 Å². The molecule has 3 rings (SSSR count). The molecule has 0 radical (unpaired) electrons. The zero-order valence-corrected chi connectivity index (χ0v) is 12.4. The second-order valence-electron chi connectivity index (χ2n) is 4.42. The van der Waals surface area contributed by atoms with Crippen molar-refractivity contribution in [2.75, 3.05) is 0 Å². The fraction of sp³-hybridized carbons (Fsp3) is 0. The predicted octanol–water partition coefficient (Wildman–Crippen LogP) is 2.61. The van der Waals surface area contributed by atoms with Gasteiger partial charge in [0.05, 0.1) is 16.0 Å². The lowest BCUT2D eigenvalue weighted by Crippen LogP contribution is -2.30. The minimum atomic E-state index is -0.853. The van der Waals surface area contributed by atoms with Crippen LogP contribution in [-0.2, 0) is 0 Å². The maximum atomic E-state index is 12.5. The molecule has 0 N–H and O–H groups in total. The molecule has 1 aromatic heterocycles. The van der Waals surface area contributed by atoms with Gasteiger partial charge in [0.1, 0.15) is 5.58 Å². The topological polar surface area (TPSA) is 95.3 Å². The lowest BCUT2D eigenvalue weighted by molar-refractivity contribution is -0.384. The first kappa shape index (κ1) is 14.2. The fourth-order valence-electron chi connectivity index (χ4n) is 2.04. The number of hydrogen-bond acceptors (Lipinski definition) is 5. The number of aromatic nitrogens is 1. The lowest BCUT2D eigenvalue weighted by atomic mass is 10.2. The summed E-state index contributed by atoms with van der Waals surface area (Å²) in [7, 11) is 0. The van der Waals surface area contributed by atoms with Crippen LogP contribution in [0.3, 0.4) is 0 Å². The summed E-state index contributed by atoms with van der Waals surface area (Å²) in [5, 5.41) is 10.8. The lowest BCUT2D eigenvalue weighted by Gasteiger charge is -2.05. The van der Waals surface area contributed by atoms with Gasteiger partial charge in [0, 0.05) is 16.6 Å². The molecule has 0 spiro atoms. The minimum absolute atomic E-state index is 0.00830. The minimum Gasteiger partial charge on any atom is -0.409 e. The van der Waals surface area contributed by atoms with Crippen LogP contribution in [0.2, 0.25) is 0 Å². The molecule has 0 aliphatic carbocycles. The predicted molar refractivity (Wildman–Crippen MR) is 82.4 cm³/mol. The Morgan fingerprint density at radius 1 is 1.09 bits per heavy atom. The van der Waals surface area contributed by atoms with E-state index in [-0.39, 0.29) is 16.7 Å². The van der Waals surface area contributed by atoms with Crippen molar-refractivity contribution in [3.8, 4) is 5.69 Å². The summed E-state index contributed by atoms with van der Waals surface area (Å²) < 4.78 is 6.68. The molecule has 0 atom stereocenters. The van der Waals surface area contributed by atoms with E-state index in [1.807, 2.05) is 0 Å². The molecule has 0 unspecified atom stereocenters. The highest BCUT2D eigenvalue weighted by Crippen LogP contribution is 2.18. The summed E-state index contributed by atoms with van der Waals surface area (Å²) in [6.45, 7) is 0. The van der Waals surface area contributed by atoms with Crippen LogP contribution in [-0.4, -0.2) is 9.49 Å². The van der Waals surface area contributed by atoms with Gasteiger partial charge in [-0.1, -0.05) is 15.9 Å². The summed E-state index contributed by atoms with van der Waals surface area (Å²) in [6, 6.07) is 9.96. The molecule has 0 amide bonds. The van der Waals surface area contributed by atoms with Crippen LogP contribution in [0, 0.1) is 10.1 Å². The molecule has 0 aliphatic rings. The number of benzene rings is 2. The normalized spacial score (nSPS) is 10.8. The molecule has 1 heterocycles. The van der Waals surface area contributed by atoms with Gasteiger partial charge >= 0.3 is 5.76 Å². The summed E-state index contributed by atoms with van der Waals surface area (Å²) in [5.74, 6) is -0.853. The molecular formula is C14H7BrN2O5. The van der Waals surface area contributed by atoms with Crippen molar-refractivity contribution in [1.29, 1.82) is 0 Å². The van der Waals surface area contributed by atoms with E-state index in [0.29, 0.717) is 5.69 Å². The third-order valence-corrected chi connectivity index (χ3v) is 3.60. The van der Waals surface area contributed by atoms with Gasteiger partial charge in [-0.3, -0.25) is 14.9 Å². The second kappa shape index (κ2) is 5.23. The van der Waals surface area contributed by atoms with Crippen LogP contribution >= 0.6 is 15.9 Å². The summed E-state index contributed by atoms with van der Waals surface area (Å²) in [4.78, 5) is 34.7. The molecule has 3 aromatic rings. The summed E-state index contributed by atoms with van der Waals surface area (Å²) in [6.07, 6.45) is 0. The van der Waals surface area contributed by atoms with E-state index in [0.717, 1.165) is 15.1 Å². The number of fused-ring (bicyclic) bond motifs is 1. The van der Waals surface area contributed by atoms with E-state index in [4.69, 9.17) is 4.42 Å². The van der Waals surface area contributed by atoms with Crippen molar-refractivity contribution in [3.63, 3.8) is 0 Å². The highest BCUT2D eigenvalue weighted by Gasteiger charge is 2.15. The van der Waals surface area contributed by atoms with Crippen molar-refractivity contribution < 1.29 is 9.34 Å². The number of nitro benzene ring substituents is 1. The van der Waals surface area contributed by atoms with Crippen LogP contribution in [0.5, 0.6) is 0 Å². The number of rotatable bonds is 2. The van der Waals surface area contributed by atoms with E-state index < -0.39 is 16.2 Å². The first-order valence-corrected chi connectivity index (χ1v) is 6.87. The van der Waals surface area contributed by atoms with E-state index in [9.17, 15) is 19.7 Å². The van der Waals surface area contributed by atoms with Crippen LogP contribution in [0.15, 0.2) is 60.9 Å². The average molecular weight is 363 g/mol. The third-order valence-electron chi connectivity index (χ3n) is 3.07. The zero-order valence-electron chi connectivity index (χ0n) is 10.9. The number of nitrogens with zero attached hydrogens (tertiary/aromatic N) is 2. The van der Waals surface area contributed by atoms with Gasteiger partial charge in [-0.25, -0.2) is 9.36 Å². The highest BCUT2D eigenvalue weighted by atomic mass is 79.9. The molecule has 0 aliphatic heterocycles. The van der Waals surface area contributed by atoms with Crippen molar-refractivity contribution in [3.05, 3.63) is 78.0 Å². The Kier molecular flexibility index (Phi) is 3.38. The monoisotopic (exact) mass is 362 g/mol. The molecule has 110 valence electrons. The van der Waals surface area contributed by atoms with Crippen molar-refractivity contribution in [1.82, 2.24) is 4.57 Å². The molecule has 0 fully saturated rings. The Hall–Kier alpha value is -2.74. The molecule has 8 heteroatoms. The number of non-ortho nitro benzene ring substituents is 1.